The van der Waals surface area contributed by atoms with Crippen LogP contribution in [0.5, 0.6) is 0 Å². The van der Waals surface area contributed by atoms with Crippen molar-refractivity contribution >= 4 is 34.8 Å². The minimum Gasteiger partial charge on any atom is -0.311 e. The molecule has 0 spiro atoms. The fourth-order valence-electron chi connectivity index (χ4n) is 1.93. The highest BCUT2D eigenvalue weighted by Crippen LogP contribution is 2.19. The third-order valence-electron chi connectivity index (χ3n) is 2.96. The fourth-order valence-corrected chi connectivity index (χ4v) is 2.06. The molecule has 1 heterocycles. The van der Waals surface area contributed by atoms with Gasteiger partial charge in [0.25, 0.3) is 0 Å². The molecular formula is C15H12ClN3. The number of halogens is 1. The van der Waals surface area contributed by atoms with Crippen LogP contribution >= 0.6 is 11.6 Å². The van der Waals surface area contributed by atoms with E-state index in [1.807, 2.05) is 60.1 Å². The molecule has 1 aromatic heterocycles. The number of hydrogen-bond donors (Lipinski definition) is 0. The third-order valence-corrected chi connectivity index (χ3v) is 3.21. The van der Waals surface area contributed by atoms with Crippen LogP contribution in [0.1, 0.15) is 5.56 Å². The van der Waals surface area contributed by atoms with E-state index in [0.717, 1.165) is 21.6 Å². The molecule has 0 fully saturated rings. The van der Waals surface area contributed by atoms with Gasteiger partial charge in [0, 0.05) is 18.3 Å². The quantitative estimate of drug-likeness (QED) is 0.647. The van der Waals surface area contributed by atoms with Crippen molar-refractivity contribution in [3.63, 3.8) is 0 Å². The van der Waals surface area contributed by atoms with Gasteiger partial charge in [-0.3, -0.25) is 0 Å². The zero-order chi connectivity index (χ0) is 13.2. The van der Waals surface area contributed by atoms with Crippen LogP contribution in [-0.4, -0.2) is 15.8 Å². The number of hydrogen-bond acceptors (Lipinski definition) is 2. The summed E-state index contributed by atoms with van der Waals surface area (Å²) in [7, 11) is 1.96. The first-order valence-corrected chi connectivity index (χ1v) is 6.33. The van der Waals surface area contributed by atoms with E-state index in [2.05, 4.69) is 9.98 Å². The van der Waals surface area contributed by atoms with Gasteiger partial charge in [0.15, 0.2) is 0 Å². The minimum atomic E-state index is 0.691. The van der Waals surface area contributed by atoms with Gasteiger partial charge in [-0.05, 0) is 29.8 Å². The van der Waals surface area contributed by atoms with Crippen molar-refractivity contribution in [2.75, 3.05) is 0 Å². The first-order chi connectivity index (χ1) is 9.24. The molecule has 0 N–H and O–H groups in total. The Hall–Kier alpha value is -2.13. The molecule has 0 aliphatic rings. The van der Waals surface area contributed by atoms with E-state index in [4.69, 9.17) is 11.6 Å². The van der Waals surface area contributed by atoms with Crippen LogP contribution in [-0.2, 0) is 7.05 Å². The summed E-state index contributed by atoms with van der Waals surface area (Å²) < 4.78 is 1.97. The largest absolute Gasteiger partial charge is 0.311 e. The van der Waals surface area contributed by atoms with Crippen molar-refractivity contribution in [3.8, 4) is 0 Å². The van der Waals surface area contributed by atoms with Crippen molar-refractivity contribution in [1.82, 2.24) is 9.55 Å². The molecule has 2 aromatic carbocycles. The normalized spacial score (nSPS) is 11.5. The van der Waals surface area contributed by atoms with E-state index < -0.39 is 0 Å². The molecule has 19 heavy (non-hydrogen) atoms. The zero-order valence-corrected chi connectivity index (χ0v) is 11.2. The third kappa shape index (κ3) is 2.37. The van der Waals surface area contributed by atoms with E-state index in [1.165, 1.54) is 0 Å². The SMILES string of the molecule is Cn1c(/N=C/c2ccc(Cl)cc2)nc2ccccc21. The number of aromatic nitrogens is 2. The van der Waals surface area contributed by atoms with Gasteiger partial charge in [0.2, 0.25) is 5.95 Å². The van der Waals surface area contributed by atoms with Crippen LogP contribution < -0.4 is 0 Å². The van der Waals surface area contributed by atoms with Crippen LogP contribution in [0, 0.1) is 0 Å². The lowest BCUT2D eigenvalue weighted by Gasteiger charge is -1.96. The van der Waals surface area contributed by atoms with E-state index in [-0.39, 0.29) is 0 Å². The number of para-hydroxylation sites is 2. The summed E-state index contributed by atoms with van der Waals surface area (Å²) in [4.78, 5) is 8.91. The Kier molecular flexibility index (Phi) is 3.05. The van der Waals surface area contributed by atoms with E-state index >= 15 is 0 Å². The molecule has 0 saturated carbocycles. The maximum Gasteiger partial charge on any atom is 0.230 e. The average Bonchev–Trinajstić information content (AvgIpc) is 2.76. The highest BCUT2D eigenvalue weighted by molar-refractivity contribution is 6.30. The zero-order valence-electron chi connectivity index (χ0n) is 10.4. The molecule has 0 saturated heterocycles. The highest BCUT2D eigenvalue weighted by atomic mass is 35.5. The molecule has 0 aliphatic heterocycles. The van der Waals surface area contributed by atoms with Gasteiger partial charge in [-0.2, -0.15) is 0 Å². The predicted molar refractivity (Wildman–Crippen MR) is 79.4 cm³/mol. The van der Waals surface area contributed by atoms with Crippen LogP contribution in [0.4, 0.5) is 5.95 Å². The molecule has 3 rings (SSSR count). The number of aliphatic imine (C=N–C) groups is 1. The Bertz CT molecular complexity index is 742. The van der Waals surface area contributed by atoms with E-state index in [0.29, 0.717) is 5.95 Å². The summed E-state index contributed by atoms with van der Waals surface area (Å²) in [6.07, 6.45) is 1.79. The molecule has 0 radical (unpaired) electrons. The van der Waals surface area contributed by atoms with Crippen LogP contribution in [0.25, 0.3) is 11.0 Å². The summed E-state index contributed by atoms with van der Waals surface area (Å²) in [6, 6.07) is 15.5. The molecular weight excluding hydrogens is 258 g/mol. The summed E-state index contributed by atoms with van der Waals surface area (Å²) in [5.41, 5.74) is 3.02. The Morgan fingerprint density at radius 1 is 1.11 bits per heavy atom. The first-order valence-electron chi connectivity index (χ1n) is 5.95. The van der Waals surface area contributed by atoms with Crippen LogP contribution in [0.15, 0.2) is 53.5 Å². The molecule has 0 unspecified atom stereocenters. The second-order valence-electron chi connectivity index (χ2n) is 4.27. The van der Waals surface area contributed by atoms with Gasteiger partial charge in [-0.1, -0.05) is 35.9 Å². The molecule has 3 nitrogen and oxygen atoms in total. The number of aryl methyl sites for hydroxylation is 1. The van der Waals surface area contributed by atoms with Crippen molar-refractivity contribution < 1.29 is 0 Å². The van der Waals surface area contributed by atoms with Gasteiger partial charge < -0.3 is 4.57 Å². The molecule has 3 aromatic rings. The fraction of sp³-hybridized carbons (Fsp3) is 0.0667. The first kappa shape index (κ1) is 11.9. The van der Waals surface area contributed by atoms with E-state index in [9.17, 15) is 0 Å². The van der Waals surface area contributed by atoms with Gasteiger partial charge >= 0.3 is 0 Å². The van der Waals surface area contributed by atoms with Crippen molar-refractivity contribution in [3.05, 3.63) is 59.1 Å². The summed E-state index contributed by atoms with van der Waals surface area (Å²) in [6.45, 7) is 0. The number of benzene rings is 2. The average molecular weight is 270 g/mol. The number of imidazole rings is 1. The van der Waals surface area contributed by atoms with Gasteiger partial charge in [-0.15, -0.1) is 0 Å². The number of rotatable bonds is 2. The Morgan fingerprint density at radius 3 is 2.58 bits per heavy atom. The van der Waals surface area contributed by atoms with Gasteiger partial charge in [0.1, 0.15) is 0 Å². The molecule has 0 bridgehead atoms. The van der Waals surface area contributed by atoms with Crippen molar-refractivity contribution in [1.29, 1.82) is 0 Å². The molecule has 0 aliphatic carbocycles. The molecule has 94 valence electrons. The monoisotopic (exact) mass is 269 g/mol. The Morgan fingerprint density at radius 2 is 1.84 bits per heavy atom. The van der Waals surface area contributed by atoms with E-state index in [1.54, 1.807) is 6.21 Å². The summed E-state index contributed by atoms with van der Waals surface area (Å²) >= 11 is 5.85. The van der Waals surface area contributed by atoms with Crippen LogP contribution in [0.3, 0.4) is 0 Å². The maximum absolute atomic E-state index is 5.85. The van der Waals surface area contributed by atoms with Crippen molar-refractivity contribution in [2.24, 2.45) is 12.0 Å². The van der Waals surface area contributed by atoms with Crippen LogP contribution in [0.2, 0.25) is 5.02 Å². The Balaban J connectivity index is 1.97. The number of nitrogens with zero attached hydrogens (tertiary/aromatic N) is 3. The minimum absolute atomic E-state index is 0.691. The number of fused-ring (bicyclic) bond motifs is 1. The summed E-state index contributed by atoms with van der Waals surface area (Å²) in [5.74, 6) is 0.691. The van der Waals surface area contributed by atoms with Gasteiger partial charge in [-0.25, -0.2) is 9.98 Å². The predicted octanol–water partition coefficient (Wildman–Crippen LogP) is 3.98. The highest BCUT2D eigenvalue weighted by Gasteiger charge is 2.04. The lowest BCUT2D eigenvalue weighted by molar-refractivity contribution is 0.945. The molecule has 0 amide bonds. The lowest BCUT2D eigenvalue weighted by atomic mass is 10.2. The van der Waals surface area contributed by atoms with Gasteiger partial charge in [0.05, 0.1) is 11.0 Å². The second kappa shape index (κ2) is 4.86. The molecule has 0 atom stereocenters. The smallest absolute Gasteiger partial charge is 0.230 e. The lowest BCUT2D eigenvalue weighted by Crippen LogP contribution is -1.87. The Labute approximate surface area is 116 Å². The second-order valence-corrected chi connectivity index (χ2v) is 4.71. The maximum atomic E-state index is 5.85. The standard InChI is InChI=1S/C15H12ClN3/c1-19-14-5-3-2-4-13(14)18-15(19)17-10-11-6-8-12(16)9-7-11/h2-10H,1H3/b17-10+. The molecule has 4 heteroatoms. The summed E-state index contributed by atoms with van der Waals surface area (Å²) in [5, 5.41) is 0.722. The van der Waals surface area contributed by atoms with Crippen molar-refractivity contribution in [2.45, 2.75) is 0 Å². The topological polar surface area (TPSA) is 30.2 Å².